The van der Waals surface area contributed by atoms with E-state index in [-0.39, 0.29) is 24.5 Å². The van der Waals surface area contributed by atoms with Crippen molar-refractivity contribution < 1.29 is 19.1 Å². The molecule has 0 bridgehead atoms. The summed E-state index contributed by atoms with van der Waals surface area (Å²) in [6.07, 6.45) is 1.06. The average molecular weight is 362 g/mol. The van der Waals surface area contributed by atoms with E-state index in [0.717, 1.165) is 5.56 Å². The second kappa shape index (κ2) is 9.14. The Balaban J connectivity index is 2.00. The molecule has 0 aliphatic carbocycles. The van der Waals surface area contributed by atoms with E-state index in [1.807, 2.05) is 63.0 Å². The maximum atomic E-state index is 12.7. The normalized spacial score (nSPS) is 21.2. The minimum Gasteiger partial charge on any atom is -0.460 e. The van der Waals surface area contributed by atoms with Crippen LogP contribution in [0.2, 0.25) is 0 Å². The van der Waals surface area contributed by atoms with Crippen LogP contribution in [0.15, 0.2) is 30.3 Å². The van der Waals surface area contributed by atoms with Gasteiger partial charge < -0.3 is 9.47 Å². The molecule has 1 aromatic rings. The van der Waals surface area contributed by atoms with Crippen molar-refractivity contribution in [3.05, 3.63) is 35.9 Å². The Bertz CT molecular complexity index is 598. The van der Waals surface area contributed by atoms with Gasteiger partial charge in [0.2, 0.25) is 0 Å². The fourth-order valence-corrected chi connectivity index (χ4v) is 3.01. The first-order valence-electron chi connectivity index (χ1n) is 9.23. The molecule has 26 heavy (non-hydrogen) atoms. The molecule has 2 unspecified atom stereocenters. The van der Waals surface area contributed by atoms with Crippen LogP contribution in [-0.4, -0.2) is 41.7 Å². The molecule has 1 heterocycles. The van der Waals surface area contributed by atoms with E-state index in [0.29, 0.717) is 25.9 Å². The zero-order valence-electron chi connectivity index (χ0n) is 16.2. The van der Waals surface area contributed by atoms with Crippen LogP contribution in [0.1, 0.15) is 46.1 Å². The number of nitrogens with one attached hydrogen (secondary N) is 1. The fourth-order valence-electron chi connectivity index (χ4n) is 3.01. The van der Waals surface area contributed by atoms with Crippen LogP contribution in [0.4, 0.5) is 0 Å². The predicted molar refractivity (Wildman–Crippen MR) is 99.0 cm³/mol. The number of ether oxygens (including phenoxy) is 2. The molecule has 0 saturated carbocycles. The molecule has 1 aliphatic heterocycles. The van der Waals surface area contributed by atoms with Crippen LogP contribution < -0.4 is 5.43 Å². The highest BCUT2D eigenvalue weighted by Crippen LogP contribution is 2.26. The van der Waals surface area contributed by atoms with Crippen molar-refractivity contribution in [2.75, 3.05) is 13.1 Å². The molecule has 1 aromatic carbocycles. The van der Waals surface area contributed by atoms with Crippen molar-refractivity contribution in [3.8, 4) is 0 Å². The summed E-state index contributed by atoms with van der Waals surface area (Å²) < 4.78 is 11.0. The van der Waals surface area contributed by atoms with Gasteiger partial charge in [0.25, 0.3) is 0 Å². The summed E-state index contributed by atoms with van der Waals surface area (Å²) in [6.45, 7) is 9.07. The molecule has 6 nitrogen and oxygen atoms in total. The summed E-state index contributed by atoms with van der Waals surface area (Å²) in [5, 5.41) is 1.88. The van der Waals surface area contributed by atoms with Crippen molar-refractivity contribution in [2.24, 2.45) is 5.92 Å². The van der Waals surface area contributed by atoms with E-state index in [1.165, 1.54) is 0 Å². The monoisotopic (exact) mass is 362 g/mol. The highest BCUT2D eigenvalue weighted by Gasteiger charge is 2.38. The van der Waals surface area contributed by atoms with Gasteiger partial charge in [0.05, 0.1) is 5.92 Å². The fraction of sp³-hybridized carbons (Fsp3) is 0.600. The Labute approximate surface area is 155 Å². The molecule has 144 valence electrons. The minimum absolute atomic E-state index is 0.229. The first kappa shape index (κ1) is 20.4. The molecular formula is C20H30N2O4. The smallest absolute Gasteiger partial charge is 0.325 e. The molecule has 0 amide bonds. The first-order valence-corrected chi connectivity index (χ1v) is 9.23. The van der Waals surface area contributed by atoms with Crippen LogP contribution in [0.25, 0.3) is 0 Å². The molecule has 2 atom stereocenters. The van der Waals surface area contributed by atoms with E-state index < -0.39 is 11.6 Å². The van der Waals surface area contributed by atoms with Gasteiger partial charge in [-0.05, 0) is 39.2 Å². The SMILES string of the molecule is CCNN1CCC(C(=O)OC(C)(C)C)CC1C(=O)OCc1ccccc1. The lowest BCUT2D eigenvalue weighted by Crippen LogP contribution is -2.55. The molecular weight excluding hydrogens is 332 g/mol. The van der Waals surface area contributed by atoms with Crippen LogP contribution >= 0.6 is 0 Å². The molecule has 0 spiro atoms. The third-order valence-electron chi connectivity index (χ3n) is 4.20. The Morgan fingerprint density at radius 2 is 1.88 bits per heavy atom. The Morgan fingerprint density at radius 3 is 2.50 bits per heavy atom. The predicted octanol–water partition coefficient (Wildman–Crippen LogP) is 2.68. The highest BCUT2D eigenvalue weighted by atomic mass is 16.6. The molecule has 1 N–H and O–H groups in total. The van der Waals surface area contributed by atoms with Crippen molar-refractivity contribution >= 4 is 11.9 Å². The number of carbonyl (C=O) groups is 2. The number of nitrogens with zero attached hydrogens (tertiary/aromatic N) is 1. The zero-order valence-corrected chi connectivity index (χ0v) is 16.2. The van der Waals surface area contributed by atoms with Gasteiger partial charge in [0.15, 0.2) is 0 Å². The number of piperidine rings is 1. The van der Waals surface area contributed by atoms with Gasteiger partial charge in [-0.3, -0.25) is 15.0 Å². The molecule has 0 radical (unpaired) electrons. The summed E-state index contributed by atoms with van der Waals surface area (Å²) in [7, 11) is 0. The number of hydrogen-bond donors (Lipinski definition) is 1. The van der Waals surface area contributed by atoms with E-state index in [9.17, 15) is 9.59 Å². The van der Waals surface area contributed by atoms with Gasteiger partial charge in [0.1, 0.15) is 18.2 Å². The summed E-state index contributed by atoms with van der Waals surface area (Å²) in [4.78, 5) is 25.1. The minimum atomic E-state index is -0.529. The van der Waals surface area contributed by atoms with Gasteiger partial charge in [-0.25, -0.2) is 5.01 Å². The maximum absolute atomic E-state index is 12.7. The number of esters is 2. The lowest BCUT2D eigenvalue weighted by atomic mass is 9.91. The Kier molecular flexibility index (Phi) is 7.17. The number of rotatable bonds is 6. The van der Waals surface area contributed by atoms with Crippen molar-refractivity contribution in [3.63, 3.8) is 0 Å². The second-order valence-corrected chi connectivity index (χ2v) is 7.57. The largest absolute Gasteiger partial charge is 0.460 e. The summed E-state index contributed by atoms with van der Waals surface area (Å²) >= 11 is 0. The summed E-state index contributed by atoms with van der Waals surface area (Å²) in [6, 6.07) is 9.08. The van der Waals surface area contributed by atoms with E-state index in [2.05, 4.69) is 5.43 Å². The lowest BCUT2D eigenvalue weighted by Gasteiger charge is -2.37. The molecule has 0 aromatic heterocycles. The molecule has 1 saturated heterocycles. The number of carbonyl (C=O) groups excluding carboxylic acids is 2. The van der Waals surface area contributed by atoms with Crippen molar-refractivity contribution in [2.45, 2.75) is 58.8 Å². The molecule has 1 aliphatic rings. The third kappa shape index (κ3) is 6.11. The number of hydrogen-bond acceptors (Lipinski definition) is 6. The van der Waals surface area contributed by atoms with E-state index >= 15 is 0 Å². The summed E-state index contributed by atoms with van der Waals surface area (Å²) in [5.74, 6) is -0.851. The van der Waals surface area contributed by atoms with E-state index in [1.54, 1.807) is 0 Å². The Morgan fingerprint density at radius 1 is 1.19 bits per heavy atom. The maximum Gasteiger partial charge on any atom is 0.325 e. The number of hydrazine groups is 1. The van der Waals surface area contributed by atoms with E-state index in [4.69, 9.17) is 9.47 Å². The zero-order chi connectivity index (χ0) is 19.2. The average Bonchev–Trinajstić information content (AvgIpc) is 2.59. The quantitative estimate of drug-likeness (QED) is 0.785. The number of benzene rings is 1. The summed E-state index contributed by atoms with van der Waals surface area (Å²) in [5.41, 5.74) is 3.61. The van der Waals surface area contributed by atoms with Gasteiger partial charge in [-0.1, -0.05) is 37.3 Å². The third-order valence-corrected chi connectivity index (χ3v) is 4.20. The van der Waals surface area contributed by atoms with Crippen molar-refractivity contribution in [1.82, 2.24) is 10.4 Å². The standard InChI is InChI=1S/C20H30N2O4/c1-5-21-22-12-11-16(18(23)26-20(2,3)4)13-17(22)19(24)25-14-15-9-7-6-8-10-15/h6-10,16-17,21H,5,11-14H2,1-4H3. The van der Waals surface area contributed by atoms with Gasteiger partial charge in [-0.2, -0.15) is 0 Å². The van der Waals surface area contributed by atoms with Crippen LogP contribution in [0.3, 0.4) is 0 Å². The Hall–Kier alpha value is -1.92. The first-order chi connectivity index (χ1) is 12.3. The molecule has 1 fully saturated rings. The molecule has 2 rings (SSSR count). The van der Waals surface area contributed by atoms with Gasteiger partial charge in [0, 0.05) is 13.1 Å². The van der Waals surface area contributed by atoms with Crippen LogP contribution in [0, 0.1) is 5.92 Å². The van der Waals surface area contributed by atoms with Crippen LogP contribution in [-0.2, 0) is 25.7 Å². The van der Waals surface area contributed by atoms with Crippen molar-refractivity contribution in [1.29, 1.82) is 0 Å². The topological polar surface area (TPSA) is 67.9 Å². The second-order valence-electron chi connectivity index (χ2n) is 7.57. The molecule has 6 heteroatoms. The van der Waals surface area contributed by atoms with Crippen LogP contribution in [0.5, 0.6) is 0 Å². The van der Waals surface area contributed by atoms with Gasteiger partial charge in [-0.15, -0.1) is 0 Å². The highest BCUT2D eigenvalue weighted by molar-refractivity contribution is 5.79. The van der Waals surface area contributed by atoms with Gasteiger partial charge >= 0.3 is 11.9 Å². The lowest BCUT2D eigenvalue weighted by molar-refractivity contribution is -0.166.